The maximum absolute atomic E-state index is 13.8. The highest BCUT2D eigenvalue weighted by atomic mass is 79.9. The third-order valence-corrected chi connectivity index (χ3v) is 3.87. The zero-order valence-electron chi connectivity index (χ0n) is 14.4. The number of benzene rings is 1. The van der Waals surface area contributed by atoms with Gasteiger partial charge in [0.25, 0.3) is 0 Å². The van der Waals surface area contributed by atoms with E-state index in [4.69, 9.17) is 15.2 Å². The van der Waals surface area contributed by atoms with E-state index in [2.05, 4.69) is 26.3 Å². The Morgan fingerprint density at radius 3 is 2.81 bits per heavy atom. The standard InChI is InChI=1S/C17H18BrFN4O3/c1-17(2,3)26-16(24)23-15(11-7-10(19)4-5-12(11)22-23)25-13-6-9(18)8-21-14(13)20/h4-8,15,22H,1-3H3,(H2,20,21)/t15-/m0/s1. The third kappa shape index (κ3) is 3.82. The SMILES string of the molecule is CC(C)(C)OC(=O)N1Nc2ccc(F)cc2[C@@H]1Oc1cc(Br)cnc1N. The molecule has 0 fully saturated rings. The summed E-state index contributed by atoms with van der Waals surface area (Å²) in [6, 6.07) is 5.72. The number of hydrazine groups is 1. The quantitative estimate of drug-likeness (QED) is 0.749. The maximum Gasteiger partial charge on any atom is 0.432 e. The summed E-state index contributed by atoms with van der Waals surface area (Å²) < 4.78 is 25.7. The lowest BCUT2D eigenvalue weighted by atomic mass is 10.1. The second-order valence-corrected chi connectivity index (χ2v) is 7.62. The van der Waals surface area contributed by atoms with Crippen molar-refractivity contribution in [3.05, 3.63) is 46.3 Å². The van der Waals surface area contributed by atoms with E-state index in [9.17, 15) is 9.18 Å². The van der Waals surface area contributed by atoms with Crippen molar-refractivity contribution in [3.63, 3.8) is 0 Å². The predicted molar refractivity (Wildman–Crippen MR) is 97.8 cm³/mol. The average molecular weight is 425 g/mol. The molecule has 138 valence electrons. The van der Waals surface area contributed by atoms with Crippen LogP contribution in [0.5, 0.6) is 5.75 Å². The van der Waals surface area contributed by atoms with Gasteiger partial charge in [-0.3, -0.25) is 5.43 Å². The van der Waals surface area contributed by atoms with Crippen molar-refractivity contribution < 1.29 is 18.7 Å². The summed E-state index contributed by atoms with van der Waals surface area (Å²) in [5.41, 5.74) is 9.00. The Morgan fingerprint density at radius 1 is 1.38 bits per heavy atom. The van der Waals surface area contributed by atoms with Crippen LogP contribution in [0.15, 0.2) is 34.9 Å². The van der Waals surface area contributed by atoms with Crippen LogP contribution in [0.1, 0.15) is 32.6 Å². The molecule has 0 saturated carbocycles. The highest BCUT2D eigenvalue weighted by molar-refractivity contribution is 9.10. The van der Waals surface area contributed by atoms with Gasteiger partial charge in [0, 0.05) is 16.2 Å². The van der Waals surface area contributed by atoms with Gasteiger partial charge >= 0.3 is 6.09 Å². The molecular weight excluding hydrogens is 407 g/mol. The van der Waals surface area contributed by atoms with Gasteiger partial charge in [-0.15, -0.1) is 0 Å². The first-order chi connectivity index (χ1) is 12.1. The summed E-state index contributed by atoms with van der Waals surface area (Å²) in [6.45, 7) is 5.25. The van der Waals surface area contributed by atoms with Gasteiger partial charge in [0.1, 0.15) is 11.4 Å². The van der Waals surface area contributed by atoms with E-state index in [0.717, 1.165) is 5.01 Å². The van der Waals surface area contributed by atoms with Crippen LogP contribution in [0, 0.1) is 5.82 Å². The van der Waals surface area contributed by atoms with Gasteiger partial charge in [-0.25, -0.2) is 14.2 Å². The number of nitrogens with one attached hydrogen (secondary N) is 1. The molecule has 1 amide bonds. The minimum Gasteiger partial charge on any atom is -0.460 e. The van der Waals surface area contributed by atoms with E-state index >= 15 is 0 Å². The summed E-state index contributed by atoms with van der Waals surface area (Å²) in [6.07, 6.45) is -0.122. The number of amides is 1. The molecule has 1 aromatic heterocycles. The Kier molecular flexibility index (Phi) is 4.66. The van der Waals surface area contributed by atoms with Gasteiger partial charge in [-0.2, -0.15) is 5.01 Å². The highest BCUT2D eigenvalue weighted by Crippen LogP contribution is 2.39. The second-order valence-electron chi connectivity index (χ2n) is 6.70. The van der Waals surface area contributed by atoms with Crippen LogP contribution in [0.3, 0.4) is 0 Å². The fourth-order valence-corrected chi connectivity index (χ4v) is 2.69. The van der Waals surface area contributed by atoms with Gasteiger partial charge < -0.3 is 15.2 Å². The van der Waals surface area contributed by atoms with Crippen molar-refractivity contribution in [2.24, 2.45) is 0 Å². The molecule has 3 rings (SSSR count). The minimum atomic E-state index is -0.978. The van der Waals surface area contributed by atoms with Crippen molar-refractivity contribution in [2.75, 3.05) is 11.2 Å². The predicted octanol–water partition coefficient (Wildman–Crippen LogP) is 4.22. The molecule has 1 aliphatic rings. The first-order valence-electron chi connectivity index (χ1n) is 7.80. The Labute approximate surface area is 158 Å². The Balaban J connectivity index is 1.97. The fourth-order valence-electron chi connectivity index (χ4n) is 2.38. The van der Waals surface area contributed by atoms with Crippen molar-refractivity contribution in [1.29, 1.82) is 0 Å². The molecule has 1 atom stereocenters. The largest absolute Gasteiger partial charge is 0.460 e. The molecule has 0 radical (unpaired) electrons. The van der Waals surface area contributed by atoms with Gasteiger partial charge in [-0.05, 0) is 61.0 Å². The molecule has 2 heterocycles. The van der Waals surface area contributed by atoms with Crippen LogP contribution >= 0.6 is 15.9 Å². The highest BCUT2D eigenvalue weighted by Gasteiger charge is 2.38. The lowest BCUT2D eigenvalue weighted by Gasteiger charge is -2.28. The normalized spacial score (nSPS) is 16.0. The number of fused-ring (bicyclic) bond motifs is 1. The Hall–Kier alpha value is -2.55. The number of nitrogen functional groups attached to an aromatic ring is 1. The third-order valence-electron chi connectivity index (χ3n) is 3.43. The average Bonchev–Trinajstić information content (AvgIpc) is 2.87. The van der Waals surface area contributed by atoms with Crippen LogP contribution in [-0.4, -0.2) is 21.7 Å². The molecule has 3 N–H and O–H groups in total. The molecule has 1 aliphatic heterocycles. The smallest absolute Gasteiger partial charge is 0.432 e. The lowest BCUT2D eigenvalue weighted by Crippen LogP contribution is -2.41. The Morgan fingerprint density at radius 2 is 2.12 bits per heavy atom. The first kappa shape index (κ1) is 18.2. The van der Waals surface area contributed by atoms with Crippen molar-refractivity contribution >= 4 is 33.5 Å². The van der Waals surface area contributed by atoms with Crippen LogP contribution in [0.2, 0.25) is 0 Å². The number of nitrogens with zero attached hydrogens (tertiary/aromatic N) is 2. The molecule has 0 spiro atoms. The van der Waals surface area contributed by atoms with Crippen LogP contribution in [-0.2, 0) is 4.74 Å². The van der Waals surface area contributed by atoms with E-state index in [1.807, 2.05) is 0 Å². The number of aromatic nitrogens is 1. The molecule has 2 aromatic rings. The fraction of sp³-hybridized carbons (Fsp3) is 0.294. The number of carbonyl (C=O) groups is 1. The number of hydrogen-bond acceptors (Lipinski definition) is 6. The van der Waals surface area contributed by atoms with E-state index < -0.39 is 23.7 Å². The summed E-state index contributed by atoms with van der Waals surface area (Å²) in [5.74, 6) is -0.0652. The molecule has 0 aliphatic carbocycles. The molecular formula is C17H18BrFN4O3. The van der Waals surface area contributed by atoms with Gasteiger partial charge in [0.05, 0.1) is 5.69 Å². The van der Waals surface area contributed by atoms with E-state index in [1.165, 1.54) is 24.4 Å². The summed E-state index contributed by atoms with van der Waals surface area (Å²) >= 11 is 3.29. The number of carbonyl (C=O) groups excluding carboxylic acids is 1. The topological polar surface area (TPSA) is 89.7 Å². The maximum atomic E-state index is 13.8. The van der Waals surface area contributed by atoms with E-state index in [-0.39, 0.29) is 11.6 Å². The van der Waals surface area contributed by atoms with E-state index in [0.29, 0.717) is 15.7 Å². The number of hydrogen-bond donors (Lipinski definition) is 2. The molecule has 0 saturated heterocycles. The second kappa shape index (κ2) is 6.64. The number of ether oxygens (including phenoxy) is 2. The summed E-state index contributed by atoms with van der Waals surface area (Å²) in [4.78, 5) is 16.6. The number of nitrogens with two attached hydrogens (primary N) is 1. The first-order valence-corrected chi connectivity index (χ1v) is 8.59. The number of rotatable bonds is 2. The van der Waals surface area contributed by atoms with Gasteiger partial charge in [0.15, 0.2) is 11.6 Å². The zero-order valence-corrected chi connectivity index (χ0v) is 16.0. The Bertz CT molecular complexity index is 856. The van der Waals surface area contributed by atoms with Crippen molar-refractivity contribution in [3.8, 4) is 5.75 Å². The van der Waals surface area contributed by atoms with Crippen LogP contribution in [0.4, 0.5) is 20.7 Å². The molecule has 0 unspecified atom stereocenters. The lowest BCUT2D eigenvalue weighted by molar-refractivity contribution is -0.00644. The number of pyridine rings is 1. The number of anilines is 2. The molecule has 9 heteroatoms. The molecule has 7 nitrogen and oxygen atoms in total. The van der Waals surface area contributed by atoms with Gasteiger partial charge in [-0.1, -0.05) is 0 Å². The molecule has 0 bridgehead atoms. The summed E-state index contributed by atoms with van der Waals surface area (Å²) in [7, 11) is 0. The molecule has 1 aromatic carbocycles. The van der Waals surface area contributed by atoms with Crippen LogP contribution < -0.4 is 15.9 Å². The molecule has 26 heavy (non-hydrogen) atoms. The van der Waals surface area contributed by atoms with Crippen LogP contribution in [0.25, 0.3) is 0 Å². The van der Waals surface area contributed by atoms with Crippen molar-refractivity contribution in [2.45, 2.75) is 32.6 Å². The monoisotopic (exact) mass is 424 g/mol. The van der Waals surface area contributed by atoms with Gasteiger partial charge in [0.2, 0.25) is 6.23 Å². The van der Waals surface area contributed by atoms with Crippen molar-refractivity contribution in [1.82, 2.24) is 9.99 Å². The van der Waals surface area contributed by atoms with E-state index in [1.54, 1.807) is 26.8 Å². The number of halogens is 2. The summed E-state index contributed by atoms with van der Waals surface area (Å²) in [5, 5.41) is 1.15. The minimum absolute atomic E-state index is 0.141. The zero-order chi connectivity index (χ0) is 19.1.